The highest BCUT2D eigenvalue weighted by Gasteiger charge is 2.05. The van der Waals surface area contributed by atoms with Crippen molar-refractivity contribution in [2.24, 2.45) is 0 Å². The standard InChI is InChI=1S/C14H16BN/c1-4-15(3)13-8-6-12(7-9-13)14-10-5-11(2)16-14/h4-10,16H,1H2,2-3H3. The summed E-state index contributed by atoms with van der Waals surface area (Å²) >= 11 is 0. The third-order valence-corrected chi connectivity index (χ3v) is 2.93. The molecule has 2 aromatic rings. The molecule has 1 N–H and O–H groups in total. The fourth-order valence-corrected chi connectivity index (χ4v) is 1.77. The zero-order valence-corrected chi connectivity index (χ0v) is 9.83. The van der Waals surface area contributed by atoms with Crippen molar-refractivity contribution in [3.8, 4) is 11.3 Å². The van der Waals surface area contributed by atoms with Gasteiger partial charge < -0.3 is 4.98 Å². The van der Waals surface area contributed by atoms with E-state index in [9.17, 15) is 0 Å². The number of nitrogens with one attached hydrogen (secondary N) is 1. The number of aromatic nitrogens is 1. The van der Waals surface area contributed by atoms with Gasteiger partial charge in [0.2, 0.25) is 0 Å². The number of aryl methyl sites for hydroxylation is 1. The van der Waals surface area contributed by atoms with Crippen LogP contribution >= 0.6 is 0 Å². The van der Waals surface area contributed by atoms with E-state index in [1.54, 1.807) is 0 Å². The molecule has 0 radical (unpaired) electrons. The van der Waals surface area contributed by atoms with Crippen molar-refractivity contribution in [3.63, 3.8) is 0 Å². The molecule has 16 heavy (non-hydrogen) atoms. The SMILES string of the molecule is C=CB(C)c1ccc(-c2ccc(C)[nH]2)cc1. The topological polar surface area (TPSA) is 15.8 Å². The largest absolute Gasteiger partial charge is 0.359 e. The number of benzene rings is 1. The monoisotopic (exact) mass is 209 g/mol. The molecule has 1 aromatic heterocycles. The van der Waals surface area contributed by atoms with Crippen LogP contribution in [0.2, 0.25) is 6.82 Å². The zero-order chi connectivity index (χ0) is 11.5. The van der Waals surface area contributed by atoms with E-state index in [0.29, 0.717) is 6.71 Å². The van der Waals surface area contributed by atoms with E-state index in [2.05, 4.69) is 61.7 Å². The molecule has 0 aliphatic heterocycles. The Morgan fingerprint density at radius 2 is 1.81 bits per heavy atom. The van der Waals surface area contributed by atoms with E-state index in [1.165, 1.54) is 22.4 Å². The van der Waals surface area contributed by atoms with Gasteiger partial charge in [-0.15, -0.1) is 12.6 Å². The van der Waals surface area contributed by atoms with Gasteiger partial charge in [-0.05, 0) is 24.6 Å². The summed E-state index contributed by atoms with van der Waals surface area (Å²) in [6.45, 7) is 8.45. The summed E-state index contributed by atoms with van der Waals surface area (Å²) in [7, 11) is 0. The summed E-state index contributed by atoms with van der Waals surface area (Å²) in [5.74, 6) is 1.97. The molecule has 2 rings (SSSR count). The van der Waals surface area contributed by atoms with Crippen molar-refractivity contribution in [2.45, 2.75) is 13.7 Å². The molecule has 1 nitrogen and oxygen atoms in total. The molecule has 0 spiro atoms. The third kappa shape index (κ3) is 2.11. The van der Waals surface area contributed by atoms with Gasteiger partial charge in [0.05, 0.1) is 0 Å². The summed E-state index contributed by atoms with van der Waals surface area (Å²) in [6.07, 6.45) is 0. The highest BCUT2D eigenvalue weighted by Crippen LogP contribution is 2.17. The van der Waals surface area contributed by atoms with Crippen molar-refractivity contribution >= 4 is 12.2 Å². The first-order valence-electron chi connectivity index (χ1n) is 5.59. The van der Waals surface area contributed by atoms with Gasteiger partial charge in [-0.2, -0.15) is 0 Å². The van der Waals surface area contributed by atoms with Gasteiger partial charge in [0.1, 0.15) is 0 Å². The normalized spacial score (nSPS) is 10.1. The lowest BCUT2D eigenvalue weighted by Crippen LogP contribution is -2.23. The van der Waals surface area contributed by atoms with Gasteiger partial charge in [0, 0.05) is 11.4 Å². The molecular formula is C14H16BN. The van der Waals surface area contributed by atoms with Crippen molar-refractivity contribution in [3.05, 3.63) is 54.6 Å². The second kappa shape index (κ2) is 4.44. The zero-order valence-electron chi connectivity index (χ0n) is 9.83. The van der Waals surface area contributed by atoms with Crippen LogP contribution in [-0.4, -0.2) is 11.7 Å². The fourth-order valence-electron chi connectivity index (χ4n) is 1.77. The summed E-state index contributed by atoms with van der Waals surface area (Å²) in [5.41, 5.74) is 4.91. The number of aromatic amines is 1. The average Bonchev–Trinajstić information content (AvgIpc) is 2.75. The molecule has 0 saturated heterocycles. The van der Waals surface area contributed by atoms with Crippen LogP contribution in [0.4, 0.5) is 0 Å². The number of hydrogen-bond donors (Lipinski definition) is 1. The van der Waals surface area contributed by atoms with E-state index in [1.807, 2.05) is 5.98 Å². The molecule has 1 aromatic carbocycles. The van der Waals surface area contributed by atoms with Gasteiger partial charge in [-0.25, -0.2) is 0 Å². The van der Waals surface area contributed by atoms with Crippen molar-refractivity contribution in [1.82, 2.24) is 4.98 Å². The van der Waals surface area contributed by atoms with E-state index in [4.69, 9.17) is 0 Å². The minimum atomic E-state index is 0.416. The highest BCUT2D eigenvalue weighted by atomic mass is 14.7. The highest BCUT2D eigenvalue weighted by molar-refractivity contribution is 6.76. The van der Waals surface area contributed by atoms with Gasteiger partial charge >= 0.3 is 0 Å². The third-order valence-electron chi connectivity index (χ3n) is 2.93. The van der Waals surface area contributed by atoms with Crippen LogP contribution in [0.15, 0.2) is 49.0 Å². The van der Waals surface area contributed by atoms with E-state index in [-0.39, 0.29) is 0 Å². The van der Waals surface area contributed by atoms with Gasteiger partial charge in [-0.1, -0.05) is 36.6 Å². The first-order chi connectivity index (χ1) is 7.70. The van der Waals surface area contributed by atoms with Crippen molar-refractivity contribution in [1.29, 1.82) is 0 Å². The second-order valence-electron chi connectivity index (χ2n) is 4.20. The summed E-state index contributed by atoms with van der Waals surface area (Å²) < 4.78 is 0. The Kier molecular flexibility index (Phi) is 3.00. The predicted molar refractivity (Wildman–Crippen MR) is 72.4 cm³/mol. The molecule has 0 aliphatic carbocycles. The molecule has 0 saturated carbocycles. The molecule has 0 fully saturated rings. The van der Waals surface area contributed by atoms with E-state index in [0.717, 1.165) is 0 Å². The molecule has 1 heterocycles. The minimum Gasteiger partial charge on any atom is -0.359 e. The first-order valence-corrected chi connectivity index (χ1v) is 5.59. The van der Waals surface area contributed by atoms with Gasteiger partial charge in [-0.3, -0.25) is 0 Å². The Morgan fingerprint density at radius 1 is 1.12 bits per heavy atom. The van der Waals surface area contributed by atoms with Crippen molar-refractivity contribution in [2.75, 3.05) is 0 Å². The second-order valence-corrected chi connectivity index (χ2v) is 4.20. The smallest absolute Gasteiger partial charge is 0.197 e. The average molecular weight is 209 g/mol. The van der Waals surface area contributed by atoms with Crippen LogP contribution in [0.3, 0.4) is 0 Å². The first kappa shape index (κ1) is 10.8. The molecule has 0 atom stereocenters. The quantitative estimate of drug-likeness (QED) is 0.747. The van der Waals surface area contributed by atoms with Crippen LogP contribution in [0.1, 0.15) is 5.69 Å². The fraction of sp³-hybridized carbons (Fsp3) is 0.143. The maximum Gasteiger partial charge on any atom is 0.197 e. The van der Waals surface area contributed by atoms with E-state index >= 15 is 0 Å². The number of rotatable bonds is 3. The number of hydrogen-bond acceptors (Lipinski definition) is 0. The maximum absolute atomic E-state index is 3.81. The molecule has 0 unspecified atom stereocenters. The maximum atomic E-state index is 3.81. The Bertz CT molecular complexity index is 482. The minimum absolute atomic E-state index is 0.416. The van der Waals surface area contributed by atoms with Crippen LogP contribution in [0.25, 0.3) is 11.3 Å². The Morgan fingerprint density at radius 3 is 2.31 bits per heavy atom. The van der Waals surface area contributed by atoms with Crippen LogP contribution in [-0.2, 0) is 0 Å². The molecule has 0 aliphatic rings. The lowest BCUT2D eigenvalue weighted by Gasteiger charge is -2.04. The summed E-state index contributed by atoms with van der Waals surface area (Å²) in [6, 6.07) is 12.8. The van der Waals surface area contributed by atoms with Crippen LogP contribution < -0.4 is 5.46 Å². The van der Waals surface area contributed by atoms with Crippen LogP contribution in [0.5, 0.6) is 0 Å². The van der Waals surface area contributed by atoms with E-state index < -0.39 is 0 Å². The summed E-state index contributed by atoms with van der Waals surface area (Å²) in [4.78, 5) is 3.33. The molecule has 0 bridgehead atoms. The lowest BCUT2D eigenvalue weighted by atomic mass is 9.47. The predicted octanol–water partition coefficient (Wildman–Crippen LogP) is 3.05. The van der Waals surface area contributed by atoms with Crippen molar-refractivity contribution < 1.29 is 0 Å². The van der Waals surface area contributed by atoms with Crippen LogP contribution in [0, 0.1) is 6.92 Å². The Labute approximate surface area is 97.3 Å². The molecule has 0 amide bonds. The van der Waals surface area contributed by atoms with Gasteiger partial charge in [0.15, 0.2) is 6.71 Å². The molecular weight excluding hydrogens is 193 g/mol. The Hall–Kier alpha value is -1.70. The number of H-pyrrole nitrogens is 1. The van der Waals surface area contributed by atoms with Gasteiger partial charge in [0.25, 0.3) is 0 Å². The molecule has 2 heteroatoms. The summed E-state index contributed by atoms with van der Waals surface area (Å²) in [5, 5.41) is 0. The lowest BCUT2D eigenvalue weighted by molar-refractivity contribution is 1.27. The molecule has 80 valence electrons. The Balaban J connectivity index is 2.29.